The Balaban J connectivity index is 0. The second-order valence-corrected chi connectivity index (χ2v) is 1.19. The van der Waals surface area contributed by atoms with Gasteiger partial charge in [-0.1, -0.05) is 13.3 Å². The number of methoxy groups -OCH3 is 1. The van der Waals surface area contributed by atoms with Crippen molar-refractivity contribution in [1.29, 1.82) is 0 Å². The molecule has 0 atom stereocenters. The third-order valence-electron chi connectivity index (χ3n) is 0.573. The average molecular weight is 126 g/mol. The maximum Gasteiger partial charge on any atom is 1.00 e. The van der Waals surface area contributed by atoms with Crippen LogP contribution in [0.5, 0.6) is 0 Å². The standard InChI is InChI=1S/C5H11O.K/c1-3-4-5-6-2;/h5H,3-4H2,1-2H3;/q-1;+1. The van der Waals surface area contributed by atoms with Crippen molar-refractivity contribution in [3.8, 4) is 0 Å². The third kappa shape index (κ3) is 11.3. The molecule has 0 aromatic carbocycles. The molecular formula is C5H11KO. The van der Waals surface area contributed by atoms with Gasteiger partial charge in [-0.25, -0.2) is 6.61 Å². The van der Waals surface area contributed by atoms with Gasteiger partial charge in [-0.05, 0) is 7.11 Å². The van der Waals surface area contributed by atoms with Crippen LogP contribution in [0.2, 0.25) is 0 Å². The number of unbranched alkanes of at least 4 members (excludes halogenated alkanes) is 1. The summed E-state index contributed by atoms with van der Waals surface area (Å²) in [6.45, 7) is 3.93. The number of ether oxygens (including phenoxy) is 1. The van der Waals surface area contributed by atoms with E-state index in [2.05, 4.69) is 11.7 Å². The molecule has 0 fully saturated rings. The van der Waals surface area contributed by atoms with Crippen LogP contribution in [-0.2, 0) is 4.74 Å². The van der Waals surface area contributed by atoms with Crippen LogP contribution in [-0.4, -0.2) is 7.11 Å². The van der Waals surface area contributed by atoms with Gasteiger partial charge in [0.1, 0.15) is 0 Å². The van der Waals surface area contributed by atoms with Gasteiger partial charge in [0.05, 0.1) is 0 Å². The Hall–Kier alpha value is 1.60. The Morgan fingerprint density at radius 2 is 2.14 bits per heavy atom. The smallest absolute Gasteiger partial charge is 0.554 e. The van der Waals surface area contributed by atoms with Gasteiger partial charge in [0.25, 0.3) is 0 Å². The fraction of sp³-hybridized carbons (Fsp3) is 0.800. The fourth-order valence-electron chi connectivity index (χ4n) is 0.236. The summed E-state index contributed by atoms with van der Waals surface area (Å²) in [4.78, 5) is 0. The van der Waals surface area contributed by atoms with Crippen molar-refractivity contribution >= 4 is 0 Å². The van der Waals surface area contributed by atoms with E-state index in [-0.39, 0.29) is 51.4 Å². The second kappa shape index (κ2) is 10.6. The Morgan fingerprint density at radius 1 is 1.57 bits per heavy atom. The van der Waals surface area contributed by atoms with Gasteiger partial charge in [-0.2, -0.15) is 6.42 Å². The minimum absolute atomic E-state index is 0. The number of rotatable bonds is 3. The van der Waals surface area contributed by atoms with Gasteiger partial charge in [0, 0.05) is 0 Å². The van der Waals surface area contributed by atoms with E-state index in [1.165, 1.54) is 6.42 Å². The minimum atomic E-state index is 0. The minimum Gasteiger partial charge on any atom is -0.554 e. The summed E-state index contributed by atoms with van der Waals surface area (Å²) < 4.78 is 4.66. The number of hydrogen-bond donors (Lipinski definition) is 0. The summed E-state index contributed by atoms with van der Waals surface area (Å²) in [6, 6.07) is 0. The van der Waals surface area contributed by atoms with E-state index >= 15 is 0 Å². The fourth-order valence-corrected chi connectivity index (χ4v) is 0.236. The first-order valence-electron chi connectivity index (χ1n) is 2.26. The summed E-state index contributed by atoms with van der Waals surface area (Å²) in [6.07, 6.45) is 2.24. The summed E-state index contributed by atoms with van der Waals surface area (Å²) in [5.74, 6) is 0. The van der Waals surface area contributed by atoms with Crippen molar-refractivity contribution in [2.75, 3.05) is 7.11 Å². The Bertz CT molecular complexity index is 20.0. The first-order chi connectivity index (χ1) is 2.91. The van der Waals surface area contributed by atoms with Crippen LogP contribution in [0, 0.1) is 6.61 Å². The Labute approximate surface area is 88.2 Å². The van der Waals surface area contributed by atoms with Crippen LogP contribution < -0.4 is 51.4 Å². The van der Waals surface area contributed by atoms with E-state index in [1.807, 2.05) is 0 Å². The predicted octanol–water partition coefficient (Wildman–Crippen LogP) is -1.40. The molecule has 0 aliphatic heterocycles. The molecule has 0 aromatic heterocycles. The molecule has 0 rings (SSSR count). The molecule has 0 N–H and O–H groups in total. The summed E-state index contributed by atoms with van der Waals surface area (Å²) >= 11 is 0. The molecule has 0 radical (unpaired) electrons. The molecule has 0 unspecified atom stereocenters. The topological polar surface area (TPSA) is 9.23 Å². The monoisotopic (exact) mass is 126 g/mol. The SMILES string of the molecule is CCC[CH-]OC.[K+]. The van der Waals surface area contributed by atoms with Crippen molar-refractivity contribution in [1.82, 2.24) is 0 Å². The molecule has 2 heteroatoms. The summed E-state index contributed by atoms with van der Waals surface area (Å²) in [7, 11) is 1.68. The first kappa shape index (κ1) is 11.4. The van der Waals surface area contributed by atoms with Crippen LogP contribution in [0.4, 0.5) is 0 Å². The van der Waals surface area contributed by atoms with E-state index in [9.17, 15) is 0 Å². The van der Waals surface area contributed by atoms with E-state index in [0.29, 0.717) is 0 Å². The van der Waals surface area contributed by atoms with Crippen LogP contribution in [0.3, 0.4) is 0 Å². The molecule has 0 aliphatic carbocycles. The van der Waals surface area contributed by atoms with E-state index in [0.717, 1.165) is 6.42 Å². The van der Waals surface area contributed by atoms with Crippen LogP contribution in [0.15, 0.2) is 0 Å². The normalized spacial score (nSPS) is 7.71. The van der Waals surface area contributed by atoms with Crippen molar-refractivity contribution in [2.24, 2.45) is 0 Å². The van der Waals surface area contributed by atoms with Gasteiger partial charge in [0.2, 0.25) is 0 Å². The summed E-state index contributed by atoms with van der Waals surface area (Å²) in [5.41, 5.74) is 0. The van der Waals surface area contributed by atoms with Crippen LogP contribution in [0.1, 0.15) is 19.8 Å². The maximum absolute atomic E-state index is 4.66. The van der Waals surface area contributed by atoms with Crippen molar-refractivity contribution < 1.29 is 56.1 Å². The van der Waals surface area contributed by atoms with Crippen LogP contribution in [0.25, 0.3) is 0 Å². The molecule has 0 bridgehead atoms. The zero-order chi connectivity index (χ0) is 4.83. The van der Waals surface area contributed by atoms with Gasteiger partial charge in [0.15, 0.2) is 0 Å². The van der Waals surface area contributed by atoms with Crippen molar-refractivity contribution in [3.05, 3.63) is 6.61 Å². The number of hydrogen-bond acceptors (Lipinski definition) is 1. The second-order valence-electron chi connectivity index (χ2n) is 1.19. The molecule has 1 nitrogen and oxygen atoms in total. The molecule has 0 aromatic rings. The largest absolute Gasteiger partial charge is 1.00 e. The Kier molecular flexibility index (Phi) is 17.2. The quantitative estimate of drug-likeness (QED) is 0.257. The van der Waals surface area contributed by atoms with Gasteiger partial charge in [-0.3, -0.25) is 0 Å². The van der Waals surface area contributed by atoms with Gasteiger partial charge < -0.3 is 4.74 Å². The van der Waals surface area contributed by atoms with Crippen molar-refractivity contribution in [3.63, 3.8) is 0 Å². The van der Waals surface area contributed by atoms with Crippen LogP contribution >= 0.6 is 0 Å². The maximum atomic E-state index is 4.66. The molecule has 0 saturated carbocycles. The molecular weight excluding hydrogens is 115 g/mol. The van der Waals surface area contributed by atoms with Crippen molar-refractivity contribution in [2.45, 2.75) is 19.8 Å². The van der Waals surface area contributed by atoms with E-state index < -0.39 is 0 Å². The Morgan fingerprint density at radius 3 is 2.29 bits per heavy atom. The average Bonchev–Trinajstić information content (AvgIpc) is 1.61. The molecule has 38 valence electrons. The zero-order valence-corrected chi connectivity index (χ0v) is 8.52. The molecule has 0 heterocycles. The third-order valence-corrected chi connectivity index (χ3v) is 0.573. The predicted molar refractivity (Wildman–Crippen MR) is 26.2 cm³/mol. The van der Waals surface area contributed by atoms with E-state index in [1.54, 1.807) is 13.7 Å². The van der Waals surface area contributed by atoms with Gasteiger partial charge >= 0.3 is 51.4 Å². The molecule has 0 aliphatic rings. The van der Waals surface area contributed by atoms with E-state index in [4.69, 9.17) is 0 Å². The van der Waals surface area contributed by atoms with Gasteiger partial charge in [-0.15, -0.1) is 0 Å². The molecule has 0 spiro atoms. The molecule has 0 amide bonds. The zero-order valence-electron chi connectivity index (χ0n) is 5.40. The molecule has 7 heavy (non-hydrogen) atoms. The first-order valence-corrected chi connectivity index (χ1v) is 2.26. The molecule has 0 saturated heterocycles. The summed E-state index contributed by atoms with van der Waals surface area (Å²) in [5, 5.41) is 0.